The lowest BCUT2D eigenvalue weighted by molar-refractivity contribution is 0.100. The Kier molecular flexibility index (Phi) is 3.46. The molecule has 0 radical (unpaired) electrons. The number of ether oxygens (including phenoxy) is 1. The number of pyridine rings is 1. The van der Waals surface area contributed by atoms with E-state index in [1.807, 2.05) is 24.7 Å². The average Bonchev–Trinajstić information content (AvgIpc) is 3.08. The van der Waals surface area contributed by atoms with Crippen LogP contribution in [0.25, 0.3) is 11.3 Å². The molecule has 1 atom stereocenters. The van der Waals surface area contributed by atoms with Crippen LogP contribution in [0.2, 0.25) is 0 Å². The highest BCUT2D eigenvalue weighted by Crippen LogP contribution is 2.22. The smallest absolute Gasteiger partial charge is 0.123 e. The Morgan fingerprint density at radius 3 is 3.21 bits per heavy atom. The second-order valence-corrected chi connectivity index (χ2v) is 4.87. The van der Waals surface area contributed by atoms with Gasteiger partial charge >= 0.3 is 0 Å². The van der Waals surface area contributed by atoms with Gasteiger partial charge in [0.25, 0.3) is 0 Å². The standard InChI is InChI=1S/C14H18N4O/c15-14-8-11(3-5-17-14)13-9-16-10-18(13)6-4-12-2-1-7-19-12/h3,5,8-10,12H,1-2,4,6-7H2,(H2,15,17). The molecule has 0 aromatic carbocycles. The molecular formula is C14H18N4O. The third-order valence-corrected chi connectivity index (χ3v) is 3.51. The molecule has 5 heteroatoms. The number of nitrogens with two attached hydrogens (primary N) is 1. The molecule has 0 aliphatic carbocycles. The SMILES string of the molecule is Nc1cc(-c2cncn2CCC2CCCO2)ccn1. The number of hydrogen-bond donors (Lipinski definition) is 1. The molecule has 0 amide bonds. The van der Waals surface area contributed by atoms with Crippen molar-refractivity contribution in [3.63, 3.8) is 0 Å². The molecule has 3 rings (SSSR count). The predicted octanol–water partition coefficient (Wildman–Crippen LogP) is 2.10. The van der Waals surface area contributed by atoms with Crippen LogP contribution in [0.15, 0.2) is 30.9 Å². The van der Waals surface area contributed by atoms with E-state index in [-0.39, 0.29) is 0 Å². The molecule has 5 nitrogen and oxygen atoms in total. The van der Waals surface area contributed by atoms with E-state index in [0.717, 1.165) is 30.8 Å². The molecule has 0 saturated carbocycles. The Bertz CT molecular complexity index is 546. The lowest BCUT2D eigenvalue weighted by Crippen LogP contribution is -2.10. The first-order valence-electron chi connectivity index (χ1n) is 6.66. The van der Waals surface area contributed by atoms with Crippen LogP contribution in [-0.4, -0.2) is 27.2 Å². The van der Waals surface area contributed by atoms with Gasteiger partial charge in [0.15, 0.2) is 0 Å². The van der Waals surface area contributed by atoms with Gasteiger partial charge in [-0.3, -0.25) is 0 Å². The summed E-state index contributed by atoms with van der Waals surface area (Å²) in [7, 11) is 0. The van der Waals surface area contributed by atoms with Gasteiger partial charge in [-0.1, -0.05) is 0 Å². The highest BCUT2D eigenvalue weighted by atomic mass is 16.5. The summed E-state index contributed by atoms with van der Waals surface area (Å²) in [6.07, 6.45) is 9.24. The summed E-state index contributed by atoms with van der Waals surface area (Å²) in [5, 5.41) is 0. The van der Waals surface area contributed by atoms with Crippen LogP contribution in [0.5, 0.6) is 0 Å². The van der Waals surface area contributed by atoms with Gasteiger partial charge in [-0.15, -0.1) is 0 Å². The van der Waals surface area contributed by atoms with Gasteiger partial charge in [-0.05, 0) is 31.4 Å². The monoisotopic (exact) mass is 258 g/mol. The molecule has 2 aromatic heterocycles. The van der Waals surface area contributed by atoms with E-state index >= 15 is 0 Å². The van der Waals surface area contributed by atoms with Crippen LogP contribution in [0.3, 0.4) is 0 Å². The Hall–Kier alpha value is -1.88. The van der Waals surface area contributed by atoms with Crippen molar-refractivity contribution in [2.75, 3.05) is 12.3 Å². The summed E-state index contributed by atoms with van der Waals surface area (Å²) in [6.45, 7) is 1.82. The lowest BCUT2D eigenvalue weighted by Gasteiger charge is -2.12. The summed E-state index contributed by atoms with van der Waals surface area (Å²) >= 11 is 0. The molecule has 1 aliphatic heterocycles. The van der Waals surface area contributed by atoms with Crippen molar-refractivity contribution in [3.8, 4) is 11.3 Å². The van der Waals surface area contributed by atoms with Gasteiger partial charge < -0.3 is 15.0 Å². The first-order chi connectivity index (χ1) is 9.33. The summed E-state index contributed by atoms with van der Waals surface area (Å²) < 4.78 is 7.80. The van der Waals surface area contributed by atoms with Crippen LogP contribution >= 0.6 is 0 Å². The molecule has 0 bridgehead atoms. The molecule has 1 unspecified atom stereocenters. The fourth-order valence-corrected chi connectivity index (χ4v) is 2.50. The number of aromatic nitrogens is 3. The Labute approximate surface area is 112 Å². The first kappa shape index (κ1) is 12.2. The third kappa shape index (κ3) is 2.76. The third-order valence-electron chi connectivity index (χ3n) is 3.51. The summed E-state index contributed by atoms with van der Waals surface area (Å²) in [5.74, 6) is 0.532. The molecular weight excluding hydrogens is 240 g/mol. The molecule has 3 heterocycles. The van der Waals surface area contributed by atoms with Gasteiger partial charge in [-0.2, -0.15) is 0 Å². The van der Waals surface area contributed by atoms with Gasteiger partial charge in [-0.25, -0.2) is 9.97 Å². The topological polar surface area (TPSA) is 66.0 Å². The Morgan fingerprint density at radius 1 is 1.47 bits per heavy atom. The second-order valence-electron chi connectivity index (χ2n) is 4.87. The number of rotatable bonds is 4. The zero-order valence-corrected chi connectivity index (χ0v) is 10.8. The predicted molar refractivity (Wildman–Crippen MR) is 73.5 cm³/mol. The maximum atomic E-state index is 5.73. The maximum Gasteiger partial charge on any atom is 0.123 e. The van der Waals surface area contributed by atoms with Crippen LogP contribution in [0, 0.1) is 0 Å². The van der Waals surface area contributed by atoms with Crippen molar-refractivity contribution in [1.82, 2.24) is 14.5 Å². The number of nitrogen functional groups attached to an aromatic ring is 1. The van der Waals surface area contributed by atoms with Crippen molar-refractivity contribution in [2.45, 2.75) is 31.9 Å². The van der Waals surface area contributed by atoms with Crippen LogP contribution < -0.4 is 5.73 Å². The highest BCUT2D eigenvalue weighted by Gasteiger charge is 2.16. The zero-order chi connectivity index (χ0) is 13.1. The van der Waals surface area contributed by atoms with Crippen molar-refractivity contribution < 1.29 is 4.74 Å². The molecule has 2 N–H and O–H groups in total. The number of nitrogens with zero attached hydrogens (tertiary/aromatic N) is 3. The van der Waals surface area contributed by atoms with Crippen molar-refractivity contribution in [1.29, 1.82) is 0 Å². The number of hydrogen-bond acceptors (Lipinski definition) is 4. The molecule has 1 aliphatic rings. The van der Waals surface area contributed by atoms with E-state index in [0.29, 0.717) is 11.9 Å². The van der Waals surface area contributed by atoms with Gasteiger partial charge in [0.05, 0.1) is 24.3 Å². The largest absolute Gasteiger partial charge is 0.384 e. The summed E-state index contributed by atoms with van der Waals surface area (Å²) in [4.78, 5) is 8.25. The van der Waals surface area contributed by atoms with Gasteiger partial charge in [0.2, 0.25) is 0 Å². The van der Waals surface area contributed by atoms with E-state index in [4.69, 9.17) is 10.5 Å². The zero-order valence-electron chi connectivity index (χ0n) is 10.8. The summed E-state index contributed by atoms with van der Waals surface area (Å²) in [5.41, 5.74) is 7.86. The minimum absolute atomic E-state index is 0.401. The van der Waals surface area contributed by atoms with E-state index < -0.39 is 0 Å². The van der Waals surface area contributed by atoms with Crippen molar-refractivity contribution >= 4 is 5.82 Å². The number of imidazole rings is 1. The minimum Gasteiger partial charge on any atom is -0.384 e. The molecule has 100 valence electrons. The van der Waals surface area contributed by atoms with E-state index in [9.17, 15) is 0 Å². The van der Waals surface area contributed by atoms with Gasteiger partial charge in [0.1, 0.15) is 5.82 Å². The molecule has 1 saturated heterocycles. The Balaban J connectivity index is 1.74. The van der Waals surface area contributed by atoms with Crippen LogP contribution in [0.4, 0.5) is 5.82 Å². The van der Waals surface area contributed by atoms with Crippen molar-refractivity contribution in [2.24, 2.45) is 0 Å². The van der Waals surface area contributed by atoms with Crippen molar-refractivity contribution in [3.05, 3.63) is 30.9 Å². The van der Waals surface area contributed by atoms with Crippen LogP contribution in [-0.2, 0) is 11.3 Å². The van der Waals surface area contributed by atoms with E-state index in [2.05, 4.69) is 14.5 Å². The highest BCUT2D eigenvalue weighted by molar-refractivity contribution is 5.61. The van der Waals surface area contributed by atoms with Crippen LogP contribution in [0.1, 0.15) is 19.3 Å². The Morgan fingerprint density at radius 2 is 2.42 bits per heavy atom. The second kappa shape index (κ2) is 5.40. The maximum absolute atomic E-state index is 5.73. The fraction of sp³-hybridized carbons (Fsp3) is 0.429. The normalized spacial score (nSPS) is 18.8. The summed E-state index contributed by atoms with van der Waals surface area (Å²) in [6, 6.07) is 3.83. The average molecular weight is 258 g/mol. The quantitative estimate of drug-likeness (QED) is 0.912. The number of aryl methyl sites for hydroxylation is 1. The first-order valence-corrected chi connectivity index (χ1v) is 6.66. The molecule has 0 spiro atoms. The molecule has 2 aromatic rings. The number of anilines is 1. The molecule has 1 fully saturated rings. The lowest BCUT2D eigenvalue weighted by atomic mass is 10.1. The molecule has 19 heavy (non-hydrogen) atoms. The fourth-order valence-electron chi connectivity index (χ4n) is 2.50. The van der Waals surface area contributed by atoms with Gasteiger partial charge in [0, 0.05) is 24.9 Å². The minimum atomic E-state index is 0.401. The van der Waals surface area contributed by atoms with E-state index in [1.165, 1.54) is 12.8 Å². The van der Waals surface area contributed by atoms with E-state index in [1.54, 1.807) is 6.20 Å².